The van der Waals surface area contributed by atoms with E-state index in [2.05, 4.69) is 151 Å². The number of nitrogens with zero attached hydrogens (tertiary/aromatic N) is 1. The Morgan fingerprint density at radius 2 is 0.765 bits per heavy atom. The van der Waals surface area contributed by atoms with Crippen molar-refractivity contribution < 1.29 is 0 Å². The quantitative estimate of drug-likeness (QED) is 0.253. The molecule has 0 amide bonds. The van der Waals surface area contributed by atoms with Gasteiger partial charge in [-0.25, -0.2) is 0 Å². The van der Waals surface area contributed by atoms with Crippen LogP contribution in [0.4, 0.5) is 11.4 Å². The van der Waals surface area contributed by atoms with Crippen molar-refractivity contribution >= 4 is 35.0 Å². The Bertz CT molecular complexity index is 1270. The van der Waals surface area contributed by atoms with Gasteiger partial charge < -0.3 is 4.90 Å². The maximum atomic E-state index is 2.36. The van der Waals surface area contributed by atoms with Crippen LogP contribution in [0.1, 0.15) is 16.7 Å². The molecule has 164 valence electrons. The summed E-state index contributed by atoms with van der Waals surface area (Å²) in [7, 11) is -0.383. The normalized spacial score (nSPS) is 13.3. The van der Waals surface area contributed by atoms with E-state index in [4.69, 9.17) is 0 Å². The maximum absolute atomic E-state index is 2.58. The van der Waals surface area contributed by atoms with Gasteiger partial charge in [-0.1, -0.05) is 127 Å². The predicted molar refractivity (Wildman–Crippen MR) is 147 cm³/mol. The fraction of sp³-hybridized carbons (Fsp3) is 0.0625. The van der Waals surface area contributed by atoms with Gasteiger partial charge in [-0.3, -0.25) is 0 Å². The van der Waals surface area contributed by atoms with Crippen molar-refractivity contribution in [1.82, 2.24) is 0 Å². The SMILES string of the molecule is CN1c2ccccc2C([Si](c2ccccc2)(c2ccccc2)c2ccccc2)c2ccccc21. The molecule has 0 saturated carbocycles. The van der Waals surface area contributed by atoms with Gasteiger partial charge in [0.1, 0.15) is 0 Å². The summed E-state index contributed by atoms with van der Waals surface area (Å²) in [5, 5.41) is 4.31. The minimum Gasteiger partial charge on any atom is -0.344 e. The lowest BCUT2D eigenvalue weighted by atomic mass is 9.95. The zero-order valence-electron chi connectivity index (χ0n) is 19.3. The van der Waals surface area contributed by atoms with E-state index in [1.165, 1.54) is 38.1 Å². The summed E-state index contributed by atoms with van der Waals surface area (Å²) in [4.78, 5) is 2.36. The van der Waals surface area contributed by atoms with Gasteiger partial charge in [-0.05, 0) is 38.8 Å². The lowest BCUT2D eigenvalue weighted by Gasteiger charge is -2.46. The van der Waals surface area contributed by atoms with E-state index in [1.54, 1.807) is 0 Å². The molecule has 2 heteroatoms. The number of anilines is 2. The molecule has 0 N–H and O–H groups in total. The highest BCUT2D eigenvalue weighted by atomic mass is 28.3. The molecular weight excluding hydrogens is 426 g/mol. The van der Waals surface area contributed by atoms with Crippen LogP contribution in [0.2, 0.25) is 0 Å². The zero-order valence-corrected chi connectivity index (χ0v) is 20.3. The van der Waals surface area contributed by atoms with Crippen LogP contribution in [-0.4, -0.2) is 15.1 Å². The van der Waals surface area contributed by atoms with Crippen molar-refractivity contribution in [3.05, 3.63) is 151 Å². The first-order chi connectivity index (χ1) is 16.8. The Balaban J connectivity index is 1.80. The van der Waals surface area contributed by atoms with Gasteiger partial charge in [-0.2, -0.15) is 0 Å². The molecular formula is C32H27NSi. The topological polar surface area (TPSA) is 3.24 Å². The van der Waals surface area contributed by atoms with Crippen LogP contribution < -0.4 is 20.5 Å². The first-order valence-corrected chi connectivity index (χ1v) is 14.0. The zero-order chi connectivity index (χ0) is 23.0. The van der Waals surface area contributed by atoms with Gasteiger partial charge in [0.15, 0.2) is 8.07 Å². The minimum atomic E-state index is -2.58. The summed E-state index contributed by atoms with van der Waals surface area (Å²) in [6.07, 6.45) is 0. The second-order valence-corrected chi connectivity index (χ2v) is 12.9. The third-order valence-corrected chi connectivity index (χ3v) is 12.6. The van der Waals surface area contributed by atoms with Crippen LogP contribution in [0, 0.1) is 0 Å². The Hall–Kier alpha value is -3.88. The molecule has 0 unspecified atom stereocenters. The van der Waals surface area contributed by atoms with Gasteiger partial charge in [-0.15, -0.1) is 0 Å². The van der Waals surface area contributed by atoms with Gasteiger partial charge >= 0.3 is 0 Å². The van der Waals surface area contributed by atoms with E-state index in [1.807, 2.05) is 0 Å². The number of fused-ring (bicyclic) bond motifs is 2. The average molecular weight is 454 g/mol. The van der Waals surface area contributed by atoms with Crippen molar-refractivity contribution in [3.8, 4) is 0 Å². The second-order valence-electron chi connectivity index (χ2n) is 9.02. The third-order valence-electron chi connectivity index (χ3n) is 7.34. The monoisotopic (exact) mass is 453 g/mol. The minimum absolute atomic E-state index is 0.239. The molecule has 6 rings (SSSR count). The highest BCUT2D eigenvalue weighted by Crippen LogP contribution is 2.48. The van der Waals surface area contributed by atoms with Crippen LogP contribution >= 0.6 is 0 Å². The van der Waals surface area contributed by atoms with Crippen LogP contribution in [0.15, 0.2) is 140 Å². The molecule has 0 radical (unpaired) electrons. The molecule has 5 aromatic carbocycles. The summed E-state index contributed by atoms with van der Waals surface area (Å²) in [5.74, 6) is 0. The van der Waals surface area contributed by atoms with E-state index >= 15 is 0 Å². The van der Waals surface area contributed by atoms with E-state index in [0.717, 1.165) is 0 Å². The van der Waals surface area contributed by atoms with Crippen molar-refractivity contribution in [3.63, 3.8) is 0 Å². The van der Waals surface area contributed by atoms with E-state index in [0.29, 0.717) is 0 Å². The average Bonchev–Trinajstić information content (AvgIpc) is 2.93. The first kappa shape index (κ1) is 20.7. The highest BCUT2D eigenvalue weighted by molar-refractivity contribution is 7.12. The van der Waals surface area contributed by atoms with E-state index in [9.17, 15) is 0 Å². The largest absolute Gasteiger partial charge is 0.344 e. The Morgan fingerprint density at radius 3 is 1.15 bits per heavy atom. The molecule has 0 aromatic heterocycles. The summed E-state index contributed by atoms with van der Waals surface area (Å²) in [6.45, 7) is 0. The number of hydrogen-bond acceptors (Lipinski definition) is 1. The molecule has 1 aliphatic heterocycles. The maximum Gasteiger partial charge on any atom is 0.160 e. The summed E-state index contributed by atoms with van der Waals surface area (Å²) in [5.41, 5.74) is 5.65. The van der Waals surface area contributed by atoms with Crippen molar-refractivity contribution in [2.75, 3.05) is 11.9 Å². The molecule has 0 bridgehead atoms. The first-order valence-electron chi connectivity index (χ1n) is 11.9. The molecule has 1 heterocycles. The summed E-state index contributed by atoms with van der Waals surface area (Å²) >= 11 is 0. The molecule has 0 fully saturated rings. The van der Waals surface area contributed by atoms with Gasteiger partial charge in [0.25, 0.3) is 0 Å². The fourth-order valence-electron chi connectivity index (χ4n) is 5.94. The molecule has 1 aliphatic rings. The molecule has 0 saturated heterocycles. The van der Waals surface area contributed by atoms with E-state index in [-0.39, 0.29) is 5.54 Å². The third kappa shape index (κ3) is 3.07. The fourth-order valence-corrected chi connectivity index (χ4v) is 11.5. The predicted octanol–water partition coefficient (Wildman–Crippen LogP) is 5.61. The molecule has 1 nitrogen and oxygen atoms in total. The summed E-state index contributed by atoms with van der Waals surface area (Å²) < 4.78 is 0. The molecule has 0 aliphatic carbocycles. The van der Waals surface area contributed by atoms with Gasteiger partial charge in [0.2, 0.25) is 0 Å². The van der Waals surface area contributed by atoms with Gasteiger partial charge in [0, 0.05) is 24.0 Å². The molecule has 5 aromatic rings. The van der Waals surface area contributed by atoms with Crippen LogP contribution in [0.25, 0.3) is 0 Å². The van der Waals surface area contributed by atoms with Crippen LogP contribution in [0.3, 0.4) is 0 Å². The lowest BCUT2D eigenvalue weighted by Crippen LogP contribution is -2.71. The molecule has 0 spiro atoms. The molecule has 34 heavy (non-hydrogen) atoms. The molecule has 0 atom stereocenters. The number of rotatable bonds is 4. The summed E-state index contributed by atoms with van der Waals surface area (Å²) in [6, 6.07) is 51.8. The standard InChI is InChI=1S/C32H27NSi/c1-33-30-23-13-11-21-28(30)32(29-22-12-14-24-31(29)33)34(25-15-5-2-6-16-25,26-17-7-3-8-18-26)27-19-9-4-10-20-27/h2-24,32H,1H3. The van der Waals surface area contributed by atoms with Crippen LogP contribution in [-0.2, 0) is 0 Å². The lowest BCUT2D eigenvalue weighted by molar-refractivity contribution is 1.01. The van der Waals surface area contributed by atoms with Crippen LogP contribution in [0.5, 0.6) is 0 Å². The Kier molecular flexibility index (Phi) is 5.16. The Morgan fingerprint density at radius 1 is 0.441 bits per heavy atom. The Labute approximate surface area is 203 Å². The van der Waals surface area contributed by atoms with Gasteiger partial charge in [0.05, 0.1) is 0 Å². The second kappa shape index (κ2) is 8.47. The highest BCUT2D eigenvalue weighted by Gasteiger charge is 2.50. The van der Waals surface area contributed by atoms with E-state index < -0.39 is 8.07 Å². The smallest absolute Gasteiger partial charge is 0.160 e. The number of para-hydroxylation sites is 2. The number of hydrogen-bond donors (Lipinski definition) is 0. The number of benzene rings is 5. The van der Waals surface area contributed by atoms with Crippen molar-refractivity contribution in [2.24, 2.45) is 0 Å². The van der Waals surface area contributed by atoms with Crippen molar-refractivity contribution in [1.29, 1.82) is 0 Å². The van der Waals surface area contributed by atoms with Crippen molar-refractivity contribution in [2.45, 2.75) is 5.54 Å².